The molecule has 194 valence electrons. The van der Waals surface area contributed by atoms with Crippen molar-refractivity contribution < 1.29 is 34.5 Å². The van der Waals surface area contributed by atoms with Gasteiger partial charge in [-0.1, -0.05) is 26.0 Å². The van der Waals surface area contributed by atoms with Crippen molar-refractivity contribution in [2.24, 2.45) is 11.7 Å². The first kappa shape index (κ1) is 28.1. The van der Waals surface area contributed by atoms with Crippen LogP contribution < -0.4 is 16.4 Å². The van der Waals surface area contributed by atoms with Crippen LogP contribution in [0.3, 0.4) is 0 Å². The Bertz CT molecular complexity index is 904. The number of carbonyl (C=O) groups is 4. The molecule has 5 unspecified atom stereocenters. The van der Waals surface area contributed by atoms with Crippen molar-refractivity contribution in [1.82, 2.24) is 15.5 Å². The lowest BCUT2D eigenvalue weighted by Crippen LogP contribution is -2.58. The van der Waals surface area contributed by atoms with Gasteiger partial charge in [-0.3, -0.25) is 14.4 Å². The van der Waals surface area contributed by atoms with Crippen LogP contribution in [0.25, 0.3) is 0 Å². The summed E-state index contributed by atoms with van der Waals surface area (Å²) in [4.78, 5) is 51.9. The minimum atomic E-state index is -1.22. The van der Waals surface area contributed by atoms with Crippen LogP contribution >= 0.6 is 0 Å². The van der Waals surface area contributed by atoms with E-state index in [1.54, 1.807) is 12.1 Å². The van der Waals surface area contributed by atoms with Crippen LogP contribution in [0.1, 0.15) is 45.6 Å². The highest BCUT2D eigenvalue weighted by atomic mass is 16.4. The minimum absolute atomic E-state index is 0.00524. The Hall–Kier alpha value is -3.18. The van der Waals surface area contributed by atoms with Crippen LogP contribution in [-0.4, -0.2) is 80.7 Å². The first-order chi connectivity index (χ1) is 16.4. The van der Waals surface area contributed by atoms with E-state index in [2.05, 4.69) is 10.6 Å². The summed E-state index contributed by atoms with van der Waals surface area (Å²) in [5.41, 5.74) is 6.32. The molecule has 11 nitrogen and oxygen atoms in total. The molecule has 1 aliphatic rings. The van der Waals surface area contributed by atoms with Gasteiger partial charge in [-0.25, -0.2) is 4.79 Å². The van der Waals surface area contributed by atoms with Crippen molar-refractivity contribution in [3.05, 3.63) is 29.8 Å². The number of nitrogens with zero attached hydrogens (tertiary/aromatic N) is 1. The summed E-state index contributed by atoms with van der Waals surface area (Å²) in [6, 6.07) is 1.76. The van der Waals surface area contributed by atoms with Crippen LogP contribution in [0.5, 0.6) is 5.75 Å². The molecule has 1 saturated heterocycles. The number of nitrogens with one attached hydrogen (secondary N) is 2. The molecule has 0 radical (unpaired) electrons. The van der Waals surface area contributed by atoms with Crippen molar-refractivity contribution in [1.29, 1.82) is 0 Å². The van der Waals surface area contributed by atoms with Gasteiger partial charge in [0.25, 0.3) is 0 Å². The highest BCUT2D eigenvalue weighted by Gasteiger charge is 2.39. The van der Waals surface area contributed by atoms with Gasteiger partial charge in [0.05, 0.1) is 6.10 Å². The number of hydrogen-bond donors (Lipinski definition) is 6. The van der Waals surface area contributed by atoms with E-state index in [1.807, 2.05) is 13.8 Å². The number of amides is 3. The third-order valence-electron chi connectivity index (χ3n) is 5.97. The fourth-order valence-electron chi connectivity index (χ4n) is 4.02. The molecule has 1 fully saturated rings. The van der Waals surface area contributed by atoms with Gasteiger partial charge < -0.3 is 36.6 Å². The van der Waals surface area contributed by atoms with Gasteiger partial charge in [0, 0.05) is 13.0 Å². The molecular weight excluding hydrogens is 456 g/mol. The number of nitrogens with two attached hydrogens (primary N) is 1. The van der Waals surface area contributed by atoms with Crippen molar-refractivity contribution in [3.63, 3.8) is 0 Å². The van der Waals surface area contributed by atoms with Crippen LogP contribution in [-0.2, 0) is 25.6 Å². The molecule has 1 heterocycles. The number of carboxylic acids is 1. The Morgan fingerprint density at radius 2 is 1.71 bits per heavy atom. The second-order valence-corrected chi connectivity index (χ2v) is 9.42. The van der Waals surface area contributed by atoms with Gasteiger partial charge in [-0.15, -0.1) is 0 Å². The Kier molecular flexibility index (Phi) is 10.0. The molecule has 0 bridgehead atoms. The largest absolute Gasteiger partial charge is 0.508 e. The fraction of sp³-hybridized carbons (Fsp3) is 0.583. The summed E-state index contributed by atoms with van der Waals surface area (Å²) in [6.07, 6.45) is 0.121. The lowest BCUT2D eigenvalue weighted by atomic mass is 10.0. The van der Waals surface area contributed by atoms with E-state index in [9.17, 15) is 34.5 Å². The highest BCUT2D eigenvalue weighted by molar-refractivity contribution is 5.94. The average Bonchev–Trinajstić information content (AvgIpc) is 3.28. The maximum absolute atomic E-state index is 13.4. The average molecular weight is 493 g/mol. The maximum Gasteiger partial charge on any atom is 0.326 e. The molecule has 35 heavy (non-hydrogen) atoms. The molecule has 0 aliphatic carbocycles. The van der Waals surface area contributed by atoms with E-state index in [-0.39, 0.29) is 18.1 Å². The number of carboxylic acid groups (broad SMARTS) is 1. The van der Waals surface area contributed by atoms with Gasteiger partial charge in [-0.05, 0) is 49.8 Å². The van der Waals surface area contributed by atoms with E-state index < -0.39 is 54.0 Å². The Balaban J connectivity index is 2.13. The van der Waals surface area contributed by atoms with Crippen molar-refractivity contribution in [3.8, 4) is 5.75 Å². The molecule has 11 heteroatoms. The van der Waals surface area contributed by atoms with Gasteiger partial charge in [0.1, 0.15) is 29.9 Å². The summed E-state index contributed by atoms with van der Waals surface area (Å²) < 4.78 is 0. The number of likely N-dealkylation sites (tertiary alicyclic amines) is 1. The topological polar surface area (TPSA) is 182 Å². The Labute approximate surface area is 204 Å². The second kappa shape index (κ2) is 12.5. The van der Waals surface area contributed by atoms with Crippen molar-refractivity contribution >= 4 is 23.7 Å². The maximum atomic E-state index is 13.4. The molecule has 2 rings (SSSR count). The lowest BCUT2D eigenvalue weighted by Gasteiger charge is -2.31. The van der Waals surface area contributed by atoms with Gasteiger partial charge in [-0.2, -0.15) is 0 Å². The normalized spacial score (nSPS) is 19.0. The summed E-state index contributed by atoms with van der Waals surface area (Å²) in [7, 11) is 0. The second-order valence-electron chi connectivity index (χ2n) is 9.42. The number of benzene rings is 1. The molecule has 0 aromatic heterocycles. The number of aliphatic hydroxyl groups excluding tert-OH is 1. The number of aromatic hydroxyl groups is 1. The summed E-state index contributed by atoms with van der Waals surface area (Å²) in [5, 5.41) is 33.8. The molecule has 1 aromatic rings. The molecule has 0 saturated carbocycles. The van der Waals surface area contributed by atoms with E-state index in [1.165, 1.54) is 24.0 Å². The monoisotopic (exact) mass is 492 g/mol. The van der Waals surface area contributed by atoms with Crippen LogP contribution in [0, 0.1) is 5.92 Å². The zero-order valence-corrected chi connectivity index (χ0v) is 20.3. The lowest BCUT2D eigenvalue weighted by molar-refractivity contribution is -0.145. The van der Waals surface area contributed by atoms with Crippen molar-refractivity contribution in [2.75, 3.05) is 6.54 Å². The van der Waals surface area contributed by atoms with Crippen LogP contribution in [0.4, 0.5) is 0 Å². The summed E-state index contributed by atoms with van der Waals surface area (Å²) in [6.45, 7) is 5.44. The Morgan fingerprint density at radius 3 is 2.26 bits per heavy atom. The zero-order chi connectivity index (χ0) is 26.3. The van der Waals surface area contributed by atoms with Crippen LogP contribution in [0.2, 0.25) is 0 Å². The summed E-state index contributed by atoms with van der Waals surface area (Å²) in [5.74, 6) is -2.84. The number of aliphatic hydroxyl groups is 1. The van der Waals surface area contributed by atoms with Gasteiger partial charge in [0.2, 0.25) is 17.7 Å². The molecular formula is C24H36N4O7. The van der Waals surface area contributed by atoms with Crippen molar-refractivity contribution in [2.45, 2.75) is 76.7 Å². The molecule has 1 aromatic carbocycles. The third-order valence-corrected chi connectivity index (χ3v) is 5.97. The smallest absolute Gasteiger partial charge is 0.326 e. The SMILES string of the molecule is CC(C)CC(NC(=O)C(N)C(C)O)C(=O)N1CCCC1C(=O)NC(Cc1ccc(O)cc1)C(=O)O. The van der Waals surface area contributed by atoms with Gasteiger partial charge >= 0.3 is 5.97 Å². The molecule has 3 amide bonds. The van der Waals surface area contributed by atoms with E-state index in [0.29, 0.717) is 31.4 Å². The molecule has 0 spiro atoms. The predicted molar refractivity (Wildman–Crippen MR) is 127 cm³/mol. The first-order valence-electron chi connectivity index (χ1n) is 11.8. The number of aliphatic carboxylic acids is 1. The van der Waals surface area contributed by atoms with E-state index in [0.717, 1.165) is 0 Å². The Morgan fingerprint density at radius 1 is 1.09 bits per heavy atom. The molecule has 1 aliphatic heterocycles. The number of carbonyl (C=O) groups excluding carboxylic acids is 3. The minimum Gasteiger partial charge on any atom is -0.508 e. The summed E-state index contributed by atoms with van der Waals surface area (Å²) >= 11 is 0. The number of rotatable bonds is 11. The molecule has 7 N–H and O–H groups in total. The highest BCUT2D eigenvalue weighted by Crippen LogP contribution is 2.21. The van der Waals surface area contributed by atoms with Crippen LogP contribution in [0.15, 0.2) is 24.3 Å². The zero-order valence-electron chi connectivity index (χ0n) is 20.3. The number of hydrogen-bond acceptors (Lipinski definition) is 7. The third kappa shape index (κ3) is 7.93. The number of phenols is 1. The van der Waals surface area contributed by atoms with E-state index in [4.69, 9.17) is 5.73 Å². The number of phenolic OH excluding ortho intramolecular Hbond substituents is 1. The quantitative estimate of drug-likeness (QED) is 0.244. The standard InChI is InChI=1S/C24H36N4O7/c1-13(2)11-17(26-22(32)20(25)14(3)29)23(33)28-10-4-5-19(28)21(31)27-18(24(34)35)12-15-6-8-16(30)9-7-15/h6-9,13-14,17-20,29-30H,4-5,10-12,25H2,1-3H3,(H,26,32)(H,27,31)(H,34,35). The first-order valence-corrected chi connectivity index (χ1v) is 11.8. The fourth-order valence-corrected chi connectivity index (χ4v) is 4.02. The predicted octanol–water partition coefficient (Wildman–Crippen LogP) is -0.266. The van der Waals surface area contributed by atoms with Gasteiger partial charge in [0.15, 0.2) is 0 Å². The van der Waals surface area contributed by atoms with E-state index >= 15 is 0 Å². The molecule has 5 atom stereocenters.